The third-order valence-corrected chi connectivity index (χ3v) is 6.44. The summed E-state index contributed by atoms with van der Waals surface area (Å²) in [7, 11) is 4.00. The lowest BCUT2D eigenvalue weighted by molar-refractivity contribution is 0.272. The number of ether oxygens (including phenoxy) is 1. The highest BCUT2D eigenvalue weighted by atomic mass is 32.1. The molecule has 1 fully saturated rings. The predicted octanol–water partition coefficient (Wildman–Crippen LogP) is 4.58. The summed E-state index contributed by atoms with van der Waals surface area (Å²) in [6.07, 6.45) is 12.9. The molecule has 0 N–H and O–H groups in total. The lowest BCUT2D eigenvalue weighted by Gasteiger charge is -2.23. The van der Waals surface area contributed by atoms with Crippen molar-refractivity contribution in [2.45, 2.75) is 45.1 Å². The molecule has 0 aliphatic heterocycles. The summed E-state index contributed by atoms with van der Waals surface area (Å²) in [5.74, 6) is 0. The number of fused-ring (bicyclic) bond motifs is 3. The van der Waals surface area contributed by atoms with Crippen LogP contribution in [-0.2, 0) is 4.74 Å². The van der Waals surface area contributed by atoms with Gasteiger partial charge in [0.15, 0.2) is 0 Å². The number of anilines is 1. The number of hydrogen-bond acceptors (Lipinski definition) is 6. The molecule has 0 amide bonds. The average Bonchev–Trinajstić information content (AvgIpc) is 3.08. The van der Waals surface area contributed by atoms with Gasteiger partial charge in [-0.25, -0.2) is 9.97 Å². The zero-order valence-corrected chi connectivity index (χ0v) is 17.5. The maximum absolute atomic E-state index is 13.2. The van der Waals surface area contributed by atoms with Crippen LogP contribution in [0.25, 0.3) is 26.5 Å². The smallest absolute Gasteiger partial charge is 0.271 e. The van der Waals surface area contributed by atoms with Gasteiger partial charge in [0.1, 0.15) is 9.53 Å². The molecule has 1 aliphatic carbocycles. The van der Waals surface area contributed by atoms with E-state index in [2.05, 4.69) is 9.88 Å². The van der Waals surface area contributed by atoms with Crippen LogP contribution >= 0.6 is 11.3 Å². The highest BCUT2D eigenvalue weighted by Gasteiger charge is 2.22. The fourth-order valence-corrected chi connectivity index (χ4v) is 5.09. The minimum atomic E-state index is 0.0658. The number of hydrogen-bond donors (Lipinski definition) is 0. The van der Waals surface area contributed by atoms with E-state index in [-0.39, 0.29) is 11.6 Å². The SMILES string of the molecule is CCO/C=C/c1cnc2sc3c(=O)n(C4CCCCC4)cnc3c2c1N(C)C. The topological polar surface area (TPSA) is 60.2 Å². The Bertz CT molecular complexity index is 1080. The van der Waals surface area contributed by atoms with Gasteiger partial charge < -0.3 is 9.64 Å². The first-order valence-electron chi connectivity index (χ1n) is 9.89. The molecule has 0 atom stereocenters. The van der Waals surface area contributed by atoms with Gasteiger partial charge >= 0.3 is 0 Å². The van der Waals surface area contributed by atoms with Crippen molar-refractivity contribution in [3.8, 4) is 0 Å². The van der Waals surface area contributed by atoms with Crippen LogP contribution in [0.4, 0.5) is 5.69 Å². The molecule has 0 spiro atoms. The third kappa shape index (κ3) is 3.28. The summed E-state index contributed by atoms with van der Waals surface area (Å²) in [5, 5.41) is 0.941. The molecule has 3 heterocycles. The van der Waals surface area contributed by atoms with Gasteiger partial charge in [-0.1, -0.05) is 19.3 Å². The van der Waals surface area contributed by atoms with E-state index in [1.54, 1.807) is 12.6 Å². The molecule has 7 heteroatoms. The first-order chi connectivity index (χ1) is 13.6. The molecule has 0 bridgehead atoms. The van der Waals surface area contributed by atoms with Crippen LogP contribution in [0.15, 0.2) is 23.6 Å². The molecule has 1 aliphatic rings. The second kappa shape index (κ2) is 7.91. The van der Waals surface area contributed by atoms with Crippen LogP contribution in [0.5, 0.6) is 0 Å². The van der Waals surface area contributed by atoms with E-state index in [0.29, 0.717) is 11.3 Å². The van der Waals surface area contributed by atoms with Gasteiger partial charge in [0.2, 0.25) is 0 Å². The molecule has 3 aromatic heterocycles. The van der Waals surface area contributed by atoms with Crippen molar-refractivity contribution in [3.63, 3.8) is 0 Å². The maximum atomic E-state index is 13.2. The molecule has 0 unspecified atom stereocenters. The van der Waals surface area contributed by atoms with Gasteiger partial charge in [0, 0.05) is 31.9 Å². The second-order valence-electron chi connectivity index (χ2n) is 7.42. The molecule has 1 saturated carbocycles. The highest BCUT2D eigenvalue weighted by molar-refractivity contribution is 7.25. The van der Waals surface area contributed by atoms with E-state index >= 15 is 0 Å². The van der Waals surface area contributed by atoms with E-state index in [9.17, 15) is 4.79 Å². The second-order valence-corrected chi connectivity index (χ2v) is 8.42. The van der Waals surface area contributed by atoms with E-state index in [1.165, 1.54) is 30.6 Å². The van der Waals surface area contributed by atoms with Crippen molar-refractivity contribution < 1.29 is 4.74 Å². The Kier molecular flexibility index (Phi) is 5.35. The third-order valence-electron chi connectivity index (χ3n) is 5.36. The van der Waals surface area contributed by atoms with E-state index in [4.69, 9.17) is 9.72 Å². The Hall–Kier alpha value is -2.41. The van der Waals surface area contributed by atoms with Gasteiger partial charge in [-0.2, -0.15) is 0 Å². The van der Waals surface area contributed by atoms with Crippen molar-refractivity contribution in [1.29, 1.82) is 0 Å². The van der Waals surface area contributed by atoms with E-state index in [0.717, 1.165) is 39.8 Å². The molecule has 0 saturated heterocycles. The standard InChI is InChI=1S/C21H26N4O2S/c1-4-27-11-10-14-12-22-20-16(18(14)24(2)3)17-19(28-20)21(26)25(13-23-17)15-8-6-5-7-9-15/h10-13,15H,4-9H2,1-3H3/b11-10+. The maximum Gasteiger partial charge on any atom is 0.271 e. The zero-order chi connectivity index (χ0) is 19.7. The number of rotatable bonds is 5. The fourth-order valence-electron chi connectivity index (χ4n) is 4.05. The first kappa shape index (κ1) is 18.9. The molecule has 0 aromatic carbocycles. The Morgan fingerprint density at radius 1 is 1.29 bits per heavy atom. The normalized spacial score (nSPS) is 15.7. The molecule has 0 radical (unpaired) electrons. The highest BCUT2D eigenvalue weighted by Crippen LogP contribution is 2.38. The van der Waals surface area contributed by atoms with Crippen LogP contribution in [0.1, 0.15) is 50.6 Å². The van der Waals surface area contributed by atoms with Gasteiger partial charge in [-0.15, -0.1) is 11.3 Å². The van der Waals surface area contributed by atoms with E-state index < -0.39 is 0 Å². The van der Waals surface area contributed by atoms with Crippen LogP contribution in [0.2, 0.25) is 0 Å². The Balaban J connectivity index is 1.91. The minimum absolute atomic E-state index is 0.0658. The van der Waals surface area contributed by atoms with Gasteiger partial charge in [0.25, 0.3) is 5.56 Å². The number of pyridine rings is 1. The number of nitrogens with zero attached hydrogens (tertiary/aromatic N) is 4. The minimum Gasteiger partial charge on any atom is -0.501 e. The summed E-state index contributed by atoms with van der Waals surface area (Å²) < 4.78 is 7.91. The monoisotopic (exact) mass is 398 g/mol. The lowest BCUT2D eigenvalue weighted by atomic mass is 9.95. The largest absolute Gasteiger partial charge is 0.501 e. The molecular formula is C21H26N4O2S. The molecule has 6 nitrogen and oxygen atoms in total. The summed E-state index contributed by atoms with van der Waals surface area (Å²) in [6, 6.07) is 0.273. The predicted molar refractivity (Wildman–Crippen MR) is 116 cm³/mol. The number of thiophene rings is 1. The van der Waals surface area contributed by atoms with Gasteiger partial charge in [0.05, 0.1) is 35.8 Å². The molecule has 4 rings (SSSR count). The van der Waals surface area contributed by atoms with Crippen molar-refractivity contribution in [1.82, 2.24) is 14.5 Å². The molecule has 3 aromatic rings. The number of aromatic nitrogens is 3. The van der Waals surface area contributed by atoms with Crippen LogP contribution < -0.4 is 10.5 Å². The Labute approximate surface area is 168 Å². The molecule has 28 heavy (non-hydrogen) atoms. The van der Waals surface area contributed by atoms with Crippen molar-refractivity contribution >= 4 is 43.5 Å². The van der Waals surface area contributed by atoms with Crippen LogP contribution in [0, 0.1) is 0 Å². The summed E-state index contributed by atoms with van der Waals surface area (Å²) in [5.41, 5.74) is 2.77. The lowest BCUT2D eigenvalue weighted by Crippen LogP contribution is -2.26. The zero-order valence-electron chi connectivity index (χ0n) is 16.6. The molecular weight excluding hydrogens is 372 g/mol. The molecule has 148 valence electrons. The first-order valence-corrected chi connectivity index (χ1v) is 10.7. The van der Waals surface area contributed by atoms with Gasteiger partial charge in [-0.05, 0) is 25.8 Å². The van der Waals surface area contributed by atoms with Crippen molar-refractivity contribution in [3.05, 3.63) is 34.7 Å². The summed E-state index contributed by atoms with van der Waals surface area (Å²) in [6.45, 7) is 2.57. The van der Waals surface area contributed by atoms with Gasteiger partial charge in [-0.3, -0.25) is 9.36 Å². The van der Waals surface area contributed by atoms with E-state index in [1.807, 2.05) is 37.9 Å². The average molecular weight is 399 g/mol. The fraction of sp³-hybridized carbons (Fsp3) is 0.476. The quantitative estimate of drug-likeness (QED) is 0.589. The Morgan fingerprint density at radius 3 is 2.79 bits per heavy atom. The summed E-state index contributed by atoms with van der Waals surface area (Å²) in [4.78, 5) is 25.5. The summed E-state index contributed by atoms with van der Waals surface area (Å²) >= 11 is 1.45. The van der Waals surface area contributed by atoms with Crippen LogP contribution in [-0.4, -0.2) is 35.2 Å². The Morgan fingerprint density at radius 2 is 2.07 bits per heavy atom. The van der Waals surface area contributed by atoms with Crippen molar-refractivity contribution in [2.24, 2.45) is 0 Å². The van der Waals surface area contributed by atoms with Crippen molar-refractivity contribution in [2.75, 3.05) is 25.6 Å². The van der Waals surface area contributed by atoms with Crippen LogP contribution in [0.3, 0.4) is 0 Å².